The maximum Gasteiger partial charge on any atom is 0.183 e. The van der Waals surface area contributed by atoms with E-state index in [2.05, 4.69) is 4.98 Å². The van der Waals surface area contributed by atoms with E-state index >= 15 is 0 Å². The fraction of sp³-hybridized carbons (Fsp3) is 0.333. The maximum atomic E-state index is 11.2. The molecule has 1 aromatic heterocycles. The van der Waals surface area contributed by atoms with E-state index < -0.39 is 0 Å². The van der Waals surface area contributed by atoms with Crippen LogP contribution in [0.1, 0.15) is 18.4 Å². The highest BCUT2D eigenvalue weighted by Gasteiger charge is 2.29. The average molecular weight is 162 g/mol. The fourth-order valence-electron chi connectivity index (χ4n) is 1.03. The molecule has 0 aliphatic heterocycles. The molecule has 0 unspecified atom stereocenters. The van der Waals surface area contributed by atoms with Crippen LogP contribution in [0.25, 0.3) is 0 Å². The molecule has 3 heteroatoms. The van der Waals surface area contributed by atoms with Crippen LogP contribution in [0.15, 0.2) is 24.5 Å². The molecule has 1 aliphatic rings. The smallest absolute Gasteiger partial charge is 0.183 e. The summed E-state index contributed by atoms with van der Waals surface area (Å²) in [6.07, 6.45) is 7.04. The Morgan fingerprint density at radius 2 is 2.42 bits per heavy atom. The van der Waals surface area contributed by atoms with Crippen molar-refractivity contribution >= 4 is 6.21 Å². The first-order valence-corrected chi connectivity index (χ1v) is 4.06. The van der Waals surface area contributed by atoms with Gasteiger partial charge in [-0.25, -0.2) is 4.74 Å². The lowest BCUT2D eigenvalue weighted by Crippen LogP contribution is -2.07. The molecule has 1 fully saturated rings. The highest BCUT2D eigenvalue weighted by atomic mass is 16.5. The molecule has 2 rings (SSSR count). The van der Waals surface area contributed by atoms with Gasteiger partial charge in [-0.3, -0.25) is 4.98 Å². The van der Waals surface area contributed by atoms with Gasteiger partial charge in [0.15, 0.2) is 12.3 Å². The van der Waals surface area contributed by atoms with E-state index in [9.17, 15) is 5.21 Å². The van der Waals surface area contributed by atoms with Crippen LogP contribution in [0, 0.1) is 5.21 Å². The van der Waals surface area contributed by atoms with Gasteiger partial charge in [0.2, 0.25) is 0 Å². The van der Waals surface area contributed by atoms with E-state index in [1.54, 1.807) is 18.6 Å². The Kier molecular flexibility index (Phi) is 1.78. The maximum absolute atomic E-state index is 11.2. The van der Waals surface area contributed by atoms with Crippen molar-refractivity contribution in [3.63, 3.8) is 0 Å². The van der Waals surface area contributed by atoms with Crippen LogP contribution in [0.3, 0.4) is 0 Å². The molecule has 0 amide bonds. The lowest BCUT2D eigenvalue weighted by atomic mass is 10.3. The lowest BCUT2D eigenvalue weighted by molar-refractivity contribution is -0.467. The number of aromatic nitrogens is 1. The third kappa shape index (κ3) is 1.61. The number of pyridine rings is 1. The molecule has 1 saturated carbocycles. The Balaban J connectivity index is 2.15. The second kappa shape index (κ2) is 2.93. The Hall–Kier alpha value is -1.38. The van der Waals surface area contributed by atoms with Crippen molar-refractivity contribution in [3.8, 4) is 0 Å². The van der Waals surface area contributed by atoms with Crippen LogP contribution < -0.4 is 0 Å². The summed E-state index contributed by atoms with van der Waals surface area (Å²) in [6.45, 7) is 0. The van der Waals surface area contributed by atoms with E-state index in [0.717, 1.165) is 23.1 Å². The third-order valence-corrected chi connectivity index (χ3v) is 1.87. The van der Waals surface area contributed by atoms with Crippen LogP contribution in [0.5, 0.6) is 0 Å². The van der Waals surface area contributed by atoms with Gasteiger partial charge >= 0.3 is 0 Å². The van der Waals surface area contributed by atoms with Gasteiger partial charge in [-0.15, -0.1) is 0 Å². The molecule has 0 radical (unpaired) electrons. The first-order valence-electron chi connectivity index (χ1n) is 4.06. The second-order valence-corrected chi connectivity index (χ2v) is 3.01. The van der Waals surface area contributed by atoms with E-state index in [1.165, 1.54) is 0 Å². The van der Waals surface area contributed by atoms with Crippen LogP contribution >= 0.6 is 0 Å². The molecule has 1 aromatic rings. The summed E-state index contributed by atoms with van der Waals surface area (Å²) in [5.41, 5.74) is 0.874. The van der Waals surface area contributed by atoms with Gasteiger partial charge in [-0.2, -0.15) is 0 Å². The predicted molar refractivity (Wildman–Crippen MR) is 46.1 cm³/mol. The fourth-order valence-corrected chi connectivity index (χ4v) is 1.03. The average Bonchev–Trinajstić information content (AvgIpc) is 2.88. The Labute approximate surface area is 71.0 Å². The molecule has 62 valence electrons. The number of rotatable bonds is 2. The van der Waals surface area contributed by atoms with Gasteiger partial charge in [-0.05, 0) is 12.1 Å². The minimum absolute atomic E-state index is 0.227. The summed E-state index contributed by atoms with van der Waals surface area (Å²) >= 11 is 0. The van der Waals surface area contributed by atoms with Crippen molar-refractivity contribution in [1.29, 1.82) is 0 Å². The predicted octanol–water partition coefficient (Wildman–Crippen LogP) is 1.17. The third-order valence-electron chi connectivity index (χ3n) is 1.87. The van der Waals surface area contributed by atoms with Crippen LogP contribution in [0.4, 0.5) is 0 Å². The first kappa shape index (κ1) is 7.28. The van der Waals surface area contributed by atoms with Crippen molar-refractivity contribution in [2.45, 2.75) is 18.9 Å². The molecule has 0 saturated heterocycles. The molecule has 12 heavy (non-hydrogen) atoms. The summed E-state index contributed by atoms with van der Waals surface area (Å²) in [6, 6.07) is 3.93. The summed E-state index contributed by atoms with van der Waals surface area (Å²) in [7, 11) is 0. The van der Waals surface area contributed by atoms with Crippen molar-refractivity contribution in [3.05, 3.63) is 35.3 Å². The molecule has 0 spiro atoms. The van der Waals surface area contributed by atoms with Crippen LogP contribution in [-0.4, -0.2) is 22.0 Å². The van der Waals surface area contributed by atoms with Gasteiger partial charge in [-0.1, -0.05) is 0 Å². The van der Waals surface area contributed by atoms with E-state index in [-0.39, 0.29) is 6.04 Å². The van der Waals surface area contributed by atoms with Crippen LogP contribution in [0.2, 0.25) is 0 Å². The summed E-state index contributed by atoms with van der Waals surface area (Å²) in [4.78, 5) is 3.92. The van der Waals surface area contributed by atoms with Gasteiger partial charge < -0.3 is 5.21 Å². The monoisotopic (exact) mass is 162 g/mol. The number of hydrogen-bond acceptors (Lipinski definition) is 2. The molecule has 0 atom stereocenters. The highest BCUT2D eigenvalue weighted by Crippen LogP contribution is 2.22. The summed E-state index contributed by atoms with van der Waals surface area (Å²) < 4.78 is 1.02. The number of nitrogens with zero attached hydrogens (tertiary/aromatic N) is 2. The summed E-state index contributed by atoms with van der Waals surface area (Å²) in [5.74, 6) is 0. The van der Waals surface area contributed by atoms with E-state index in [0.29, 0.717) is 0 Å². The standard InChI is InChI=1S/C9H10N2O/c12-11(9-3-4-9)7-8-2-1-5-10-6-8/h1-2,5-7,9H,3-4H2/b11-7-. The Bertz CT molecular complexity index is 291. The normalized spacial score (nSPS) is 17.8. The first-order chi connectivity index (χ1) is 5.86. The highest BCUT2D eigenvalue weighted by molar-refractivity contribution is 5.74. The molecule has 0 bridgehead atoms. The van der Waals surface area contributed by atoms with Gasteiger partial charge in [0.1, 0.15) is 0 Å². The zero-order valence-corrected chi connectivity index (χ0v) is 6.68. The van der Waals surface area contributed by atoms with Crippen LogP contribution in [-0.2, 0) is 0 Å². The minimum Gasteiger partial charge on any atom is -0.624 e. The van der Waals surface area contributed by atoms with E-state index in [1.807, 2.05) is 12.1 Å². The zero-order valence-electron chi connectivity index (χ0n) is 6.68. The second-order valence-electron chi connectivity index (χ2n) is 3.01. The van der Waals surface area contributed by atoms with Gasteiger partial charge in [0, 0.05) is 25.2 Å². The lowest BCUT2D eigenvalue weighted by Gasteiger charge is -1.99. The molecule has 3 nitrogen and oxygen atoms in total. The SMILES string of the molecule is [O-]/[N+](=C\c1cccnc1)C1CC1. The van der Waals surface area contributed by atoms with Crippen molar-refractivity contribution < 1.29 is 4.74 Å². The topological polar surface area (TPSA) is 39.0 Å². The largest absolute Gasteiger partial charge is 0.624 e. The molecular weight excluding hydrogens is 152 g/mol. The zero-order chi connectivity index (χ0) is 8.39. The number of hydrogen-bond donors (Lipinski definition) is 0. The quantitative estimate of drug-likeness (QED) is 0.283. The molecule has 1 heterocycles. The van der Waals surface area contributed by atoms with E-state index in [4.69, 9.17) is 0 Å². The molecular formula is C9H10N2O. The van der Waals surface area contributed by atoms with Gasteiger partial charge in [0.05, 0.1) is 5.56 Å². The van der Waals surface area contributed by atoms with Crippen molar-refractivity contribution in [2.24, 2.45) is 0 Å². The Morgan fingerprint density at radius 1 is 1.58 bits per heavy atom. The van der Waals surface area contributed by atoms with Crippen molar-refractivity contribution in [2.75, 3.05) is 0 Å². The molecule has 0 aromatic carbocycles. The van der Waals surface area contributed by atoms with Crippen molar-refractivity contribution in [1.82, 2.24) is 4.98 Å². The minimum atomic E-state index is 0.227. The summed E-state index contributed by atoms with van der Waals surface area (Å²) in [5, 5.41) is 11.2. The van der Waals surface area contributed by atoms with Gasteiger partial charge in [0.25, 0.3) is 0 Å². The number of hydroxylamine groups is 1. The Morgan fingerprint density at radius 3 is 3.00 bits per heavy atom. The molecule has 0 N–H and O–H groups in total. The molecule has 1 aliphatic carbocycles.